The Labute approximate surface area is 132 Å². The van der Waals surface area contributed by atoms with Crippen molar-refractivity contribution in [2.45, 2.75) is 0 Å². The van der Waals surface area contributed by atoms with E-state index in [1.54, 1.807) is 18.3 Å². The number of fused-ring (bicyclic) bond motifs is 1. The van der Waals surface area contributed by atoms with Gasteiger partial charge >= 0.3 is 5.97 Å². The summed E-state index contributed by atoms with van der Waals surface area (Å²) in [5.74, 6) is -0.354. The van der Waals surface area contributed by atoms with Crippen molar-refractivity contribution in [3.8, 4) is 0 Å². The first-order valence-corrected chi connectivity index (χ1v) is 7.05. The van der Waals surface area contributed by atoms with Crippen molar-refractivity contribution < 1.29 is 9.53 Å². The molecular weight excluding hydrogens is 300 g/mol. The summed E-state index contributed by atoms with van der Waals surface area (Å²) < 4.78 is 4.68. The molecule has 0 fully saturated rings. The molecule has 0 unspecified atom stereocenters. The highest BCUT2D eigenvalue weighted by Gasteiger charge is 2.06. The highest BCUT2D eigenvalue weighted by Crippen LogP contribution is 2.27. The maximum absolute atomic E-state index is 11.4. The molecule has 4 nitrogen and oxygen atoms in total. The van der Waals surface area contributed by atoms with Gasteiger partial charge in [0.05, 0.1) is 18.2 Å². The van der Waals surface area contributed by atoms with Gasteiger partial charge in [0.15, 0.2) is 0 Å². The number of hydrogen-bond donors (Lipinski definition) is 1. The highest BCUT2D eigenvalue weighted by atomic mass is 35.5. The highest BCUT2D eigenvalue weighted by molar-refractivity contribution is 6.31. The van der Waals surface area contributed by atoms with Gasteiger partial charge in [0, 0.05) is 28.0 Å². The Balaban J connectivity index is 1.93. The molecule has 0 atom stereocenters. The molecule has 1 heterocycles. The van der Waals surface area contributed by atoms with Crippen molar-refractivity contribution in [2.24, 2.45) is 0 Å². The summed E-state index contributed by atoms with van der Waals surface area (Å²) in [6.07, 6.45) is 1.74. The fraction of sp³-hybridized carbons (Fsp3) is 0.0588. The third kappa shape index (κ3) is 2.87. The molecule has 110 valence electrons. The van der Waals surface area contributed by atoms with Gasteiger partial charge in [0.25, 0.3) is 0 Å². The smallest absolute Gasteiger partial charge is 0.337 e. The number of carbonyl (C=O) groups excluding carboxylic acids is 1. The number of ether oxygens (including phenoxy) is 1. The Bertz CT molecular complexity index is 832. The zero-order chi connectivity index (χ0) is 15.5. The Morgan fingerprint density at radius 1 is 1.14 bits per heavy atom. The molecule has 22 heavy (non-hydrogen) atoms. The van der Waals surface area contributed by atoms with E-state index in [1.807, 2.05) is 36.4 Å². The van der Waals surface area contributed by atoms with E-state index >= 15 is 0 Å². The van der Waals surface area contributed by atoms with Gasteiger partial charge in [-0.25, -0.2) is 4.79 Å². The molecule has 2 aromatic carbocycles. The van der Waals surface area contributed by atoms with Crippen LogP contribution in [0.2, 0.25) is 5.02 Å². The first kappa shape index (κ1) is 14.4. The molecule has 0 bridgehead atoms. The second-order valence-corrected chi connectivity index (χ2v) is 5.15. The number of pyridine rings is 1. The summed E-state index contributed by atoms with van der Waals surface area (Å²) in [5, 5.41) is 4.90. The van der Waals surface area contributed by atoms with E-state index in [4.69, 9.17) is 11.6 Å². The molecule has 0 radical (unpaired) electrons. The molecule has 0 aliphatic heterocycles. The molecule has 0 aliphatic carbocycles. The minimum Gasteiger partial charge on any atom is -0.465 e. The van der Waals surface area contributed by atoms with Crippen LogP contribution in [0, 0.1) is 0 Å². The van der Waals surface area contributed by atoms with Crippen LogP contribution >= 0.6 is 11.6 Å². The Kier molecular flexibility index (Phi) is 3.94. The van der Waals surface area contributed by atoms with Crippen molar-refractivity contribution in [2.75, 3.05) is 12.4 Å². The van der Waals surface area contributed by atoms with E-state index in [2.05, 4.69) is 15.0 Å². The topological polar surface area (TPSA) is 51.2 Å². The number of halogens is 1. The number of methoxy groups -OCH3 is 1. The Hall–Kier alpha value is -2.59. The van der Waals surface area contributed by atoms with Crippen LogP contribution in [0.1, 0.15) is 10.4 Å². The molecule has 0 spiro atoms. The zero-order valence-electron chi connectivity index (χ0n) is 11.8. The SMILES string of the molecule is COC(=O)c1ccc(Nc2ccnc3ccc(Cl)cc23)cc1. The number of rotatable bonds is 3. The Morgan fingerprint density at radius 2 is 1.91 bits per heavy atom. The van der Waals surface area contributed by atoms with Gasteiger partial charge in [-0.05, 0) is 48.5 Å². The standard InChI is InChI=1S/C17H13ClN2O2/c1-22-17(21)11-2-5-13(6-3-11)20-16-8-9-19-15-7-4-12(18)10-14(15)16/h2-10H,1H3,(H,19,20). The molecular formula is C17H13ClN2O2. The van der Waals surface area contributed by atoms with Crippen molar-refractivity contribution in [1.82, 2.24) is 4.98 Å². The molecule has 3 aromatic rings. The number of esters is 1. The van der Waals surface area contributed by atoms with Gasteiger partial charge in [0.2, 0.25) is 0 Å². The fourth-order valence-corrected chi connectivity index (χ4v) is 2.36. The van der Waals surface area contributed by atoms with E-state index in [-0.39, 0.29) is 5.97 Å². The molecule has 1 aromatic heterocycles. The number of benzene rings is 2. The summed E-state index contributed by atoms with van der Waals surface area (Å²) in [5.41, 5.74) is 3.13. The van der Waals surface area contributed by atoms with Crippen LogP contribution in [0.15, 0.2) is 54.7 Å². The maximum Gasteiger partial charge on any atom is 0.337 e. The van der Waals surface area contributed by atoms with Crippen molar-refractivity contribution >= 4 is 39.8 Å². The maximum atomic E-state index is 11.4. The van der Waals surface area contributed by atoms with Gasteiger partial charge in [-0.2, -0.15) is 0 Å². The second kappa shape index (κ2) is 6.03. The van der Waals surface area contributed by atoms with Gasteiger partial charge in [0.1, 0.15) is 0 Å². The lowest BCUT2D eigenvalue weighted by Crippen LogP contribution is -2.01. The lowest BCUT2D eigenvalue weighted by Gasteiger charge is -2.10. The lowest BCUT2D eigenvalue weighted by atomic mass is 10.1. The van der Waals surface area contributed by atoms with Crippen LogP contribution in [0.3, 0.4) is 0 Å². The number of anilines is 2. The summed E-state index contributed by atoms with van der Waals surface area (Å²) in [4.78, 5) is 15.7. The average molecular weight is 313 g/mol. The molecule has 0 aliphatic rings. The van der Waals surface area contributed by atoms with Crippen molar-refractivity contribution in [3.05, 3.63) is 65.3 Å². The van der Waals surface area contributed by atoms with Crippen LogP contribution in [-0.4, -0.2) is 18.1 Å². The van der Waals surface area contributed by atoms with Crippen LogP contribution in [0.4, 0.5) is 11.4 Å². The third-order valence-electron chi connectivity index (χ3n) is 3.29. The van der Waals surface area contributed by atoms with Gasteiger partial charge < -0.3 is 10.1 Å². The summed E-state index contributed by atoms with van der Waals surface area (Å²) in [6.45, 7) is 0. The third-order valence-corrected chi connectivity index (χ3v) is 3.52. The number of nitrogens with one attached hydrogen (secondary N) is 1. The number of carbonyl (C=O) groups is 1. The molecule has 0 saturated heterocycles. The molecule has 0 saturated carbocycles. The van der Waals surface area contributed by atoms with E-state index in [0.29, 0.717) is 10.6 Å². The lowest BCUT2D eigenvalue weighted by molar-refractivity contribution is 0.0601. The monoisotopic (exact) mass is 312 g/mol. The van der Waals surface area contributed by atoms with E-state index in [0.717, 1.165) is 22.3 Å². The number of aromatic nitrogens is 1. The van der Waals surface area contributed by atoms with E-state index < -0.39 is 0 Å². The quantitative estimate of drug-likeness (QED) is 0.727. The van der Waals surface area contributed by atoms with Gasteiger partial charge in [-0.1, -0.05) is 11.6 Å². The first-order valence-electron chi connectivity index (χ1n) is 6.67. The van der Waals surface area contributed by atoms with Crippen molar-refractivity contribution in [3.63, 3.8) is 0 Å². The molecule has 0 amide bonds. The van der Waals surface area contributed by atoms with Crippen LogP contribution in [0.25, 0.3) is 10.9 Å². The summed E-state index contributed by atoms with van der Waals surface area (Å²) in [6, 6.07) is 14.5. The molecule has 1 N–H and O–H groups in total. The summed E-state index contributed by atoms with van der Waals surface area (Å²) in [7, 11) is 1.36. The molecule has 3 rings (SSSR count). The normalized spacial score (nSPS) is 10.5. The fourth-order valence-electron chi connectivity index (χ4n) is 2.19. The predicted octanol–water partition coefficient (Wildman–Crippen LogP) is 4.42. The minimum absolute atomic E-state index is 0.354. The molecule has 5 heteroatoms. The largest absolute Gasteiger partial charge is 0.465 e. The van der Waals surface area contributed by atoms with E-state index in [1.165, 1.54) is 7.11 Å². The van der Waals surface area contributed by atoms with Gasteiger partial charge in [-0.3, -0.25) is 4.98 Å². The first-order chi connectivity index (χ1) is 10.7. The Morgan fingerprint density at radius 3 is 2.64 bits per heavy atom. The number of nitrogens with zero attached hydrogens (tertiary/aromatic N) is 1. The second-order valence-electron chi connectivity index (χ2n) is 4.71. The van der Waals surface area contributed by atoms with E-state index in [9.17, 15) is 4.79 Å². The van der Waals surface area contributed by atoms with Crippen molar-refractivity contribution in [1.29, 1.82) is 0 Å². The average Bonchev–Trinajstić information content (AvgIpc) is 2.55. The minimum atomic E-state index is -0.354. The van der Waals surface area contributed by atoms with Crippen LogP contribution in [0.5, 0.6) is 0 Å². The van der Waals surface area contributed by atoms with Gasteiger partial charge in [-0.15, -0.1) is 0 Å². The van der Waals surface area contributed by atoms with Crippen LogP contribution < -0.4 is 5.32 Å². The predicted molar refractivity (Wildman–Crippen MR) is 87.8 cm³/mol. The number of hydrogen-bond acceptors (Lipinski definition) is 4. The summed E-state index contributed by atoms with van der Waals surface area (Å²) >= 11 is 6.06. The zero-order valence-corrected chi connectivity index (χ0v) is 12.6. The van der Waals surface area contributed by atoms with Crippen LogP contribution in [-0.2, 0) is 4.74 Å².